The summed E-state index contributed by atoms with van der Waals surface area (Å²) < 4.78 is 2.22. The van der Waals surface area contributed by atoms with E-state index in [4.69, 9.17) is 10.1 Å². The van der Waals surface area contributed by atoms with Gasteiger partial charge in [-0.05, 0) is 77.6 Å². The van der Waals surface area contributed by atoms with E-state index in [1.165, 1.54) is 23.8 Å². The van der Waals surface area contributed by atoms with Crippen molar-refractivity contribution in [2.24, 2.45) is 5.92 Å². The topological polar surface area (TPSA) is 96.2 Å². The van der Waals surface area contributed by atoms with Gasteiger partial charge in [0.15, 0.2) is 5.13 Å². The van der Waals surface area contributed by atoms with E-state index in [0.717, 1.165) is 92.0 Å². The highest BCUT2D eigenvalue weighted by Crippen LogP contribution is 2.46. The highest BCUT2D eigenvalue weighted by Gasteiger charge is 2.36. The zero-order valence-corrected chi connectivity index (χ0v) is 23.8. The van der Waals surface area contributed by atoms with Crippen LogP contribution in [0.25, 0.3) is 21.8 Å². The summed E-state index contributed by atoms with van der Waals surface area (Å²) in [7, 11) is 4.26. The monoisotopic (exact) mass is 547 g/mol. The smallest absolute Gasteiger partial charge is 0.225 e. The van der Waals surface area contributed by atoms with Gasteiger partial charge in [-0.3, -0.25) is 19.3 Å². The lowest BCUT2D eigenvalue weighted by atomic mass is 9.84. The number of aromatic nitrogens is 4. The Morgan fingerprint density at radius 2 is 1.85 bits per heavy atom. The number of pyridine rings is 1. The van der Waals surface area contributed by atoms with Crippen LogP contribution in [0.5, 0.6) is 0 Å². The van der Waals surface area contributed by atoms with Gasteiger partial charge in [0.2, 0.25) is 11.8 Å². The average Bonchev–Trinajstić information content (AvgIpc) is 3.54. The van der Waals surface area contributed by atoms with Gasteiger partial charge >= 0.3 is 0 Å². The number of anilines is 1. The molecule has 3 aromatic heterocycles. The first-order chi connectivity index (χ1) is 18.9. The second-order valence-electron chi connectivity index (χ2n) is 11.4. The third-order valence-electron chi connectivity index (χ3n) is 8.65. The fraction of sp³-hybridized carbons (Fsp3) is 0.552. The maximum absolute atomic E-state index is 13.4. The number of likely N-dealkylation sites (tertiary alicyclic amines) is 1. The van der Waals surface area contributed by atoms with Gasteiger partial charge in [-0.2, -0.15) is 5.10 Å². The normalized spacial score (nSPS) is 21.5. The summed E-state index contributed by atoms with van der Waals surface area (Å²) in [6.45, 7) is 3.25. The van der Waals surface area contributed by atoms with E-state index in [1.807, 2.05) is 12.3 Å². The van der Waals surface area contributed by atoms with Crippen molar-refractivity contribution in [3.8, 4) is 21.8 Å². The van der Waals surface area contributed by atoms with Crippen molar-refractivity contribution >= 4 is 28.3 Å². The molecule has 0 unspecified atom stereocenters. The number of aryl methyl sites for hydroxylation is 1. The van der Waals surface area contributed by atoms with E-state index in [1.54, 1.807) is 6.20 Å². The summed E-state index contributed by atoms with van der Waals surface area (Å²) in [5.74, 6) is 0.334. The molecule has 0 radical (unpaired) electrons. The molecule has 39 heavy (non-hydrogen) atoms. The highest BCUT2D eigenvalue weighted by molar-refractivity contribution is 7.19. The van der Waals surface area contributed by atoms with Crippen molar-refractivity contribution in [3.05, 3.63) is 35.8 Å². The summed E-state index contributed by atoms with van der Waals surface area (Å²) >= 11 is 1.54. The lowest BCUT2D eigenvalue weighted by molar-refractivity contribution is -0.138. The molecule has 10 heteroatoms. The molecule has 9 nitrogen and oxygen atoms in total. The largest absolute Gasteiger partial charge is 0.342 e. The predicted octanol–water partition coefficient (Wildman–Crippen LogP) is 4.41. The number of nitrogens with one attached hydrogen (secondary N) is 1. The SMILES string of the molecule is CC(=O)Nc1nc2c(s1)-c1c(c(-c3cccnc3)nn1C1CCC(C(=O)N3CCC(N(C)C)CC3)CC1)CC2. The second kappa shape index (κ2) is 10.8. The molecule has 0 bridgehead atoms. The van der Waals surface area contributed by atoms with Crippen LogP contribution < -0.4 is 5.32 Å². The van der Waals surface area contributed by atoms with Gasteiger partial charge in [0.25, 0.3) is 0 Å². The molecule has 2 fully saturated rings. The zero-order chi connectivity index (χ0) is 27.1. The maximum Gasteiger partial charge on any atom is 0.225 e. The van der Waals surface area contributed by atoms with E-state index >= 15 is 0 Å². The molecule has 0 spiro atoms. The summed E-state index contributed by atoms with van der Waals surface area (Å²) in [4.78, 5) is 39.7. The van der Waals surface area contributed by atoms with Crippen molar-refractivity contribution in [1.29, 1.82) is 0 Å². The number of nitrogens with zero attached hydrogens (tertiary/aromatic N) is 6. The second-order valence-corrected chi connectivity index (χ2v) is 12.4. The number of amides is 2. The molecule has 0 aromatic carbocycles. The first-order valence-electron chi connectivity index (χ1n) is 14.1. The van der Waals surface area contributed by atoms with Crippen LogP contribution in [0.4, 0.5) is 5.13 Å². The van der Waals surface area contributed by atoms with E-state index in [-0.39, 0.29) is 17.9 Å². The van der Waals surface area contributed by atoms with Crippen LogP contribution in [0.3, 0.4) is 0 Å². The van der Waals surface area contributed by atoms with Crippen molar-refractivity contribution < 1.29 is 9.59 Å². The Labute approximate surface area is 233 Å². The molecule has 2 aliphatic carbocycles. The van der Waals surface area contributed by atoms with Crippen molar-refractivity contribution in [3.63, 3.8) is 0 Å². The van der Waals surface area contributed by atoms with Crippen LogP contribution in [0.1, 0.15) is 62.7 Å². The number of piperidine rings is 1. The molecule has 1 N–H and O–H groups in total. The van der Waals surface area contributed by atoms with Crippen LogP contribution in [0.15, 0.2) is 24.5 Å². The first kappa shape index (κ1) is 26.1. The number of rotatable bonds is 5. The van der Waals surface area contributed by atoms with Gasteiger partial charge in [-0.1, -0.05) is 11.3 Å². The molecule has 3 aromatic rings. The van der Waals surface area contributed by atoms with Gasteiger partial charge < -0.3 is 15.1 Å². The Bertz CT molecular complexity index is 1350. The van der Waals surface area contributed by atoms with E-state index < -0.39 is 0 Å². The Morgan fingerprint density at radius 1 is 1.08 bits per heavy atom. The minimum absolute atomic E-state index is 0.103. The van der Waals surface area contributed by atoms with Crippen LogP contribution >= 0.6 is 11.3 Å². The fourth-order valence-electron chi connectivity index (χ4n) is 6.53. The fourth-order valence-corrected chi connectivity index (χ4v) is 7.65. The summed E-state index contributed by atoms with van der Waals surface area (Å²) in [6.07, 6.45) is 11.1. The van der Waals surface area contributed by atoms with Gasteiger partial charge in [0, 0.05) is 55.5 Å². The lowest BCUT2D eigenvalue weighted by Crippen LogP contribution is -2.46. The Morgan fingerprint density at radius 3 is 2.51 bits per heavy atom. The number of hydrogen-bond donors (Lipinski definition) is 1. The number of carbonyl (C=O) groups is 2. The quantitative estimate of drug-likeness (QED) is 0.508. The van der Waals surface area contributed by atoms with Crippen molar-refractivity contribution in [2.75, 3.05) is 32.5 Å². The van der Waals surface area contributed by atoms with Gasteiger partial charge in [0.1, 0.15) is 0 Å². The van der Waals surface area contributed by atoms with Crippen LogP contribution in [0.2, 0.25) is 0 Å². The molecule has 6 rings (SSSR count). The first-order valence-corrected chi connectivity index (χ1v) is 14.9. The molecule has 2 amide bonds. The number of hydrogen-bond acceptors (Lipinski definition) is 7. The molecular weight excluding hydrogens is 510 g/mol. The molecule has 4 heterocycles. The van der Waals surface area contributed by atoms with Crippen LogP contribution in [-0.4, -0.2) is 74.6 Å². The predicted molar refractivity (Wildman–Crippen MR) is 153 cm³/mol. The molecule has 1 saturated heterocycles. The van der Waals surface area contributed by atoms with Gasteiger partial charge in [-0.15, -0.1) is 0 Å². The molecule has 3 aliphatic rings. The summed E-state index contributed by atoms with van der Waals surface area (Å²) in [6, 6.07) is 4.83. The van der Waals surface area contributed by atoms with E-state index in [2.05, 4.69) is 44.9 Å². The van der Waals surface area contributed by atoms with E-state index in [0.29, 0.717) is 17.1 Å². The van der Waals surface area contributed by atoms with Crippen molar-refractivity contribution in [1.82, 2.24) is 29.5 Å². The molecule has 0 atom stereocenters. The molecule has 1 saturated carbocycles. The highest BCUT2D eigenvalue weighted by atomic mass is 32.1. The third kappa shape index (κ3) is 5.12. The lowest BCUT2D eigenvalue weighted by Gasteiger charge is -2.38. The van der Waals surface area contributed by atoms with Crippen LogP contribution in [0, 0.1) is 5.92 Å². The summed E-state index contributed by atoms with van der Waals surface area (Å²) in [5.41, 5.74) is 5.40. The van der Waals surface area contributed by atoms with Crippen molar-refractivity contribution in [2.45, 2.75) is 70.4 Å². The zero-order valence-electron chi connectivity index (χ0n) is 23.0. The molecule has 1 aliphatic heterocycles. The molecular formula is C29H37N7O2S. The maximum atomic E-state index is 13.4. The Balaban J connectivity index is 1.25. The standard InChI is InChI=1S/C29H37N7O2S/c1-18(37)31-29-32-24-11-10-23-25(20-5-4-14-30-17-20)33-36(26(23)27(24)39-29)22-8-6-19(7-9-22)28(38)35-15-12-21(13-16-35)34(2)3/h4-5,14,17,19,21-22H,6-13,15-16H2,1-3H3,(H,31,32,37). The third-order valence-corrected chi connectivity index (χ3v) is 9.67. The minimum Gasteiger partial charge on any atom is -0.342 e. The number of carbonyl (C=O) groups excluding carboxylic acids is 2. The van der Waals surface area contributed by atoms with E-state index in [9.17, 15) is 9.59 Å². The Kier molecular flexibility index (Phi) is 7.24. The number of fused-ring (bicyclic) bond motifs is 3. The summed E-state index contributed by atoms with van der Waals surface area (Å²) in [5, 5.41) is 8.72. The van der Waals surface area contributed by atoms with Crippen LogP contribution in [-0.2, 0) is 22.4 Å². The average molecular weight is 548 g/mol. The number of thiazole rings is 1. The molecule has 206 valence electrons. The Hall–Kier alpha value is -3.11. The van der Waals surface area contributed by atoms with Gasteiger partial charge in [-0.25, -0.2) is 4.98 Å². The minimum atomic E-state index is -0.111. The van der Waals surface area contributed by atoms with Gasteiger partial charge in [0.05, 0.1) is 28.0 Å².